The Morgan fingerprint density at radius 1 is 1.40 bits per heavy atom. The molecule has 0 unspecified atom stereocenters. The molecule has 4 nitrogen and oxygen atoms in total. The minimum Gasteiger partial charge on any atom is -0.311 e. The van der Waals surface area contributed by atoms with Crippen LogP contribution in [0.3, 0.4) is 0 Å². The van der Waals surface area contributed by atoms with Crippen molar-refractivity contribution in [3.05, 3.63) is 23.8 Å². The molecule has 82 valence electrons. The van der Waals surface area contributed by atoms with E-state index in [2.05, 4.69) is 5.43 Å². The summed E-state index contributed by atoms with van der Waals surface area (Å²) in [7, 11) is -1.23. The topological polar surface area (TPSA) is 49.4 Å². The van der Waals surface area contributed by atoms with Crippen LogP contribution in [0.25, 0.3) is 0 Å². The van der Waals surface area contributed by atoms with Gasteiger partial charge in [-0.15, -0.1) is 0 Å². The van der Waals surface area contributed by atoms with Crippen molar-refractivity contribution in [2.24, 2.45) is 0 Å². The summed E-state index contributed by atoms with van der Waals surface area (Å²) in [5, 5.41) is 1.87. The normalized spacial score (nSPS) is 16.3. The molecule has 0 saturated carbocycles. The quantitative estimate of drug-likeness (QED) is 0.761. The number of fused-ring (bicyclic) bond motifs is 1. The molecule has 0 atom stereocenters. The number of hydrogen-bond donors (Lipinski definition) is 1. The number of hydrazine groups is 1. The number of sulfone groups is 1. The summed E-state index contributed by atoms with van der Waals surface area (Å²) < 4.78 is 23.1. The maximum atomic E-state index is 11.6. The fourth-order valence-electron chi connectivity index (χ4n) is 1.90. The molecular formula is C10H14N2O2S. The predicted octanol–water partition coefficient (Wildman–Crippen LogP) is 0.587. The number of rotatable bonds is 1. The van der Waals surface area contributed by atoms with Crippen molar-refractivity contribution in [3.8, 4) is 0 Å². The van der Waals surface area contributed by atoms with Gasteiger partial charge in [0.15, 0.2) is 9.84 Å². The Morgan fingerprint density at radius 3 is 2.80 bits per heavy atom. The molecule has 0 aliphatic carbocycles. The molecule has 1 heterocycles. The monoisotopic (exact) mass is 226 g/mol. The van der Waals surface area contributed by atoms with Crippen LogP contribution in [0.2, 0.25) is 0 Å². The molecule has 0 bridgehead atoms. The lowest BCUT2D eigenvalue weighted by molar-refractivity contribution is 0.595. The smallest absolute Gasteiger partial charge is 0.175 e. The fourth-order valence-corrected chi connectivity index (χ4v) is 2.88. The van der Waals surface area contributed by atoms with Crippen LogP contribution in [0, 0.1) is 0 Å². The summed E-state index contributed by atoms with van der Waals surface area (Å²) in [5.41, 5.74) is 5.02. The second-order valence-electron chi connectivity index (χ2n) is 3.74. The molecule has 2 rings (SSSR count). The van der Waals surface area contributed by atoms with Gasteiger partial charge in [0.1, 0.15) is 0 Å². The third-order valence-corrected chi connectivity index (χ3v) is 3.77. The van der Waals surface area contributed by atoms with Crippen LogP contribution in [-0.4, -0.2) is 28.3 Å². The molecule has 1 aromatic carbocycles. The number of nitrogens with zero attached hydrogens (tertiary/aromatic N) is 1. The maximum absolute atomic E-state index is 11.6. The third-order valence-electron chi connectivity index (χ3n) is 2.59. The van der Waals surface area contributed by atoms with Crippen molar-refractivity contribution in [2.45, 2.75) is 11.3 Å². The summed E-state index contributed by atoms with van der Waals surface area (Å²) >= 11 is 0. The van der Waals surface area contributed by atoms with Crippen LogP contribution in [0.4, 0.5) is 5.69 Å². The Morgan fingerprint density at radius 2 is 2.13 bits per heavy atom. The van der Waals surface area contributed by atoms with Crippen LogP contribution in [0.15, 0.2) is 23.1 Å². The Balaban J connectivity index is 2.65. The molecule has 0 aromatic heterocycles. The molecule has 5 heteroatoms. The van der Waals surface area contributed by atoms with Gasteiger partial charge in [0.2, 0.25) is 0 Å². The highest BCUT2D eigenvalue weighted by Crippen LogP contribution is 2.28. The van der Waals surface area contributed by atoms with E-state index in [0.29, 0.717) is 4.90 Å². The second-order valence-corrected chi connectivity index (χ2v) is 5.73. The molecule has 1 N–H and O–H groups in total. The van der Waals surface area contributed by atoms with E-state index in [1.807, 2.05) is 18.1 Å². The van der Waals surface area contributed by atoms with Crippen LogP contribution in [0.1, 0.15) is 5.56 Å². The van der Waals surface area contributed by atoms with E-state index in [1.54, 1.807) is 12.1 Å². The Bertz CT molecular complexity index is 482. The SMILES string of the molecule is CN1NCCc2c1cccc2S(C)(=O)=O. The van der Waals surface area contributed by atoms with Gasteiger partial charge in [0.05, 0.1) is 10.6 Å². The summed E-state index contributed by atoms with van der Waals surface area (Å²) in [5.74, 6) is 0. The van der Waals surface area contributed by atoms with Crippen molar-refractivity contribution in [3.63, 3.8) is 0 Å². The number of nitrogens with one attached hydrogen (secondary N) is 1. The molecule has 1 aromatic rings. The highest BCUT2D eigenvalue weighted by atomic mass is 32.2. The Labute approximate surface area is 89.8 Å². The van der Waals surface area contributed by atoms with Gasteiger partial charge in [-0.1, -0.05) is 6.07 Å². The zero-order chi connectivity index (χ0) is 11.1. The van der Waals surface area contributed by atoms with Crippen LogP contribution in [0.5, 0.6) is 0 Å². The van der Waals surface area contributed by atoms with E-state index in [0.717, 1.165) is 24.2 Å². The van der Waals surface area contributed by atoms with Gasteiger partial charge < -0.3 is 5.01 Å². The number of hydrogen-bond acceptors (Lipinski definition) is 4. The average molecular weight is 226 g/mol. The molecule has 0 fully saturated rings. The third kappa shape index (κ3) is 1.85. The van der Waals surface area contributed by atoms with Crippen molar-refractivity contribution in [1.29, 1.82) is 0 Å². The molecule has 15 heavy (non-hydrogen) atoms. The maximum Gasteiger partial charge on any atom is 0.175 e. The Hall–Kier alpha value is -1.07. The fraction of sp³-hybridized carbons (Fsp3) is 0.400. The summed E-state index contributed by atoms with van der Waals surface area (Å²) in [6, 6.07) is 5.38. The number of anilines is 1. The average Bonchev–Trinajstić information content (AvgIpc) is 2.16. The van der Waals surface area contributed by atoms with E-state index in [1.165, 1.54) is 6.26 Å². The lowest BCUT2D eigenvalue weighted by Gasteiger charge is -2.29. The van der Waals surface area contributed by atoms with Crippen LogP contribution in [-0.2, 0) is 16.3 Å². The second kappa shape index (κ2) is 3.50. The van der Waals surface area contributed by atoms with Crippen molar-refractivity contribution in [1.82, 2.24) is 5.43 Å². The van der Waals surface area contributed by atoms with Crippen LogP contribution >= 0.6 is 0 Å². The van der Waals surface area contributed by atoms with Gasteiger partial charge in [0.25, 0.3) is 0 Å². The van der Waals surface area contributed by atoms with E-state index in [4.69, 9.17) is 0 Å². The van der Waals surface area contributed by atoms with Crippen LogP contribution < -0.4 is 10.4 Å². The van der Waals surface area contributed by atoms with Crippen molar-refractivity contribution < 1.29 is 8.42 Å². The highest BCUT2D eigenvalue weighted by Gasteiger charge is 2.20. The van der Waals surface area contributed by atoms with E-state index in [-0.39, 0.29) is 0 Å². The molecule has 1 aliphatic rings. The standard InChI is InChI=1S/C10H14N2O2S/c1-12-9-4-3-5-10(15(2,13)14)8(9)6-7-11-12/h3-5,11H,6-7H2,1-2H3. The zero-order valence-electron chi connectivity index (χ0n) is 8.82. The van der Waals surface area contributed by atoms with Gasteiger partial charge in [-0.05, 0) is 24.1 Å². The number of benzene rings is 1. The van der Waals surface area contributed by atoms with E-state index < -0.39 is 9.84 Å². The van der Waals surface area contributed by atoms with Crippen molar-refractivity contribution >= 4 is 15.5 Å². The first-order valence-corrected chi connectivity index (χ1v) is 6.68. The lowest BCUT2D eigenvalue weighted by Crippen LogP contribution is -2.40. The van der Waals surface area contributed by atoms with Gasteiger partial charge in [-0.3, -0.25) is 0 Å². The highest BCUT2D eigenvalue weighted by molar-refractivity contribution is 7.90. The summed E-state index contributed by atoms with van der Waals surface area (Å²) in [4.78, 5) is 0.452. The minimum absolute atomic E-state index is 0.452. The summed E-state index contributed by atoms with van der Waals surface area (Å²) in [6.45, 7) is 0.774. The largest absolute Gasteiger partial charge is 0.311 e. The van der Waals surface area contributed by atoms with Gasteiger partial charge in [-0.2, -0.15) is 0 Å². The van der Waals surface area contributed by atoms with Crippen molar-refractivity contribution in [2.75, 3.05) is 24.9 Å². The first-order chi connectivity index (χ1) is 7.00. The summed E-state index contributed by atoms with van der Waals surface area (Å²) in [6.07, 6.45) is 2.01. The molecule has 0 radical (unpaired) electrons. The first kappa shape index (κ1) is 10.4. The molecule has 0 amide bonds. The van der Waals surface area contributed by atoms with Gasteiger partial charge in [0, 0.05) is 19.8 Å². The molecule has 0 spiro atoms. The lowest BCUT2D eigenvalue weighted by atomic mass is 10.1. The molecular weight excluding hydrogens is 212 g/mol. The molecule has 1 aliphatic heterocycles. The zero-order valence-corrected chi connectivity index (χ0v) is 9.63. The Kier molecular flexibility index (Phi) is 2.44. The van der Waals surface area contributed by atoms with Gasteiger partial charge in [-0.25, -0.2) is 13.8 Å². The van der Waals surface area contributed by atoms with E-state index in [9.17, 15) is 8.42 Å². The first-order valence-electron chi connectivity index (χ1n) is 4.79. The predicted molar refractivity (Wildman–Crippen MR) is 59.7 cm³/mol. The molecule has 0 saturated heterocycles. The minimum atomic E-state index is -3.12. The van der Waals surface area contributed by atoms with Gasteiger partial charge >= 0.3 is 0 Å². The van der Waals surface area contributed by atoms with E-state index >= 15 is 0 Å².